The van der Waals surface area contributed by atoms with Gasteiger partial charge in [0, 0.05) is 38.2 Å². The van der Waals surface area contributed by atoms with Gasteiger partial charge in [-0.05, 0) is 30.7 Å². The van der Waals surface area contributed by atoms with Crippen LogP contribution in [0, 0.1) is 11.6 Å². The van der Waals surface area contributed by atoms with Gasteiger partial charge in [0.25, 0.3) is 0 Å². The molecule has 1 unspecified atom stereocenters. The zero-order chi connectivity index (χ0) is 25.0. The minimum absolute atomic E-state index is 0.0579. The quantitative estimate of drug-likeness (QED) is 0.445. The molecule has 1 saturated heterocycles. The molecule has 0 aromatic heterocycles. The van der Waals surface area contributed by atoms with Crippen LogP contribution in [0.5, 0.6) is 5.75 Å². The molecule has 182 valence electrons. The molecule has 10 heteroatoms. The number of phenols is 1. The monoisotopic (exact) mass is 474 g/mol. The van der Waals surface area contributed by atoms with Crippen molar-refractivity contribution in [3.63, 3.8) is 0 Å². The van der Waals surface area contributed by atoms with Crippen molar-refractivity contribution in [2.45, 2.75) is 45.1 Å². The van der Waals surface area contributed by atoms with E-state index in [1.54, 1.807) is 31.1 Å². The Labute approximate surface area is 196 Å². The third-order valence-electron chi connectivity index (χ3n) is 6.23. The molecule has 0 bridgehead atoms. The molecule has 2 aromatic rings. The summed E-state index contributed by atoms with van der Waals surface area (Å²) in [5.74, 6) is -1.89. The molecule has 1 N–H and O–H groups in total. The summed E-state index contributed by atoms with van der Waals surface area (Å²) in [6.45, 7) is 3.80. The molecule has 2 aromatic carbocycles. The molecular formula is C24H28F2N4O4. The van der Waals surface area contributed by atoms with Crippen molar-refractivity contribution in [2.24, 2.45) is 0 Å². The lowest BCUT2D eigenvalue weighted by molar-refractivity contribution is -0.184. The summed E-state index contributed by atoms with van der Waals surface area (Å²) in [7, 11) is 1.68. The highest BCUT2D eigenvalue weighted by molar-refractivity contribution is 5.86. The van der Waals surface area contributed by atoms with Crippen molar-refractivity contribution in [3.05, 3.63) is 65.2 Å². The molecule has 0 spiro atoms. The Balaban J connectivity index is 2.05. The molecule has 3 atom stereocenters. The Morgan fingerprint density at radius 1 is 1.12 bits per heavy atom. The molecule has 1 aliphatic heterocycles. The number of halogens is 2. The van der Waals surface area contributed by atoms with E-state index in [-0.39, 0.29) is 24.3 Å². The van der Waals surface area contributed by atoms with E-state index >= 15 is 0 Å². The number of aromatic hydroxyl groups is 1. The average Bonchev–Trinajstić information content (AvgIpc) is 2.82. The molecule has 1 fully saturated rings. The van der Waals surface area contributed by atoms with Crippen LogP contribution in [0.3, 0.4) is 0 Å². The highest BCUT2D eigenvalue weighted by Crippen LogP contribution is 2.29. The Hall–Kier alpha value is -3.53. The van der Waals surface area contributed by atoms with Gasteiger partial charge < -0.3 is 14.9 Å². The van der Waals surface area contributed by atoms with E-state index in [2.05, 4.69) is 0 Å². The molecule has 3 rings (SSSR count). The second-order valence-corrected chi connectivity index (χ2v) is 8.25. The summed E-state index contributed by atoms with van der Waals surface area (Å²) < 4.78 is 27.9. The number of carbonyl (C=O) groups is 3. The molecular weight excluding hydrogens is 446 g/mol. The highest BCUT2D eigenvalue weighted by atomic mass is 19.1. The van der Waals surface area contributed by atoms with Crippen molar-refractivity contribution in [3.8, 4) is 5.75 Å². The molecule has 3 amide bonds. The predicted octanol–water partition coefficient (Wildman–Crippen LogP) is 2.12. The zero-order valence-corrected chi connectivity index (χ0v) is 19.3. The van der Waals surface area contributed by atoms with Crippen molar-refractivity contribution >= 4 is 18.7 Å². The van der Waals surface area contributed by atoms with E-state index in [9.17, 15) is 28.3 Å². The summed E-state index contributed by atoms with van der Waals surface area (Å²) in [5.41, 5.74) is 0.801. The normalized spacial score (nSPS) is 20.5. The number of piperazine rings is 1. The number of hydrogen-bond donors (Lipinski definition) is 1. The smallest absolute Gasteiger partial charge is 0.246 e. The van der Waals surface area contributed by atoms with Gasteiger partial charge in [-0.3, -0.25) is 19.4 Å². The third-order valence-corrected chi connectivity index (χ3v) is 6.23. The van der Waals surface area contributed by atoms with Crippen LogP contribution in [0.25, 0.3) is 0 Å². The first-order chi connectivity index (χ1) is 16.2. The van der Waals surface area contributed by atoms with Gasteiger partial charge in [-0.2, -0.15) is 0 Å². The Morgan fingerprint density at radius 3 is 2.35 bits per heavy atom. The van der Waals surface area contributed by atoms with Gasteiger partial charge in [0.2, 0.25) is 18.7 Å². The van der Waals surface area contributed by atoms with E-state index in [0.717, 1.165) is 12.1 Å². The first kappa shape index (κ1) is 25.1. The number of rotatable bonds is 9. The number of hydrazine groups is 1. The van der Waals surface area contributed by atoms with Crippen LogP contribution in [0.2, 0.25) is 0 Å². The first-order valence-electron chi connectivity index (χ1n) is 10.9. The minimum atomic E-state index is -0.987. The molecule has 8 nitrogen and oxygen atoms in total. The van der Waals surface area contributed by atoms with Gasteiger partial charge in [0.05, 0.1) is 6.04 Å². The molecule has 0 aliphatic carbocycles. The first-order valence-corrected chi connectivity index (χ1v) is 10.9. The number of amides is 3. The van der Waals surface area contributed by atoms with Crippen molar-refractivity contribution in [2.75, 3.05) is 13.6 Å². The van der Waals surface area contributed by atoms with E-state index in [1.807, 2.05) is 6.92 Å². The fraction of sp³-hybridized carbons (Fsp3) is 0.375. The lowest BCUT2D eigenvalue weighted by atomic mass is 9.96. The predicted molar refractivity (Wildman–Crippen MR) is 120 cm³/mol. The Kier molecular flexibility index (Phi) is 7.83. The fourth-order valence-corrected chi connectivity index (χ4v) is 4.22. The lowest BCUT2D eigenvalue weighted by Crippen LogP contribution is -2.71. The second kappa shape index (κ2) is 10.6. The number of benzene rings is 2. The summed E-state index contributed by atoms with van der Waals surface area (Å²) in [4.78, 5) is 40.6. The molecule has 0 saturated carbocycles. The van der Waals surface area contributed by atoms with E-state index in [4.69, 9.17) is 0 Å². The largest absolute Gasteiger partial charge is 0.508 e. The molecule has 34 heavy (non-hydrogen) atoms. The summed E-state index contributed by atoms with van der Waals surface area (Å²) in [6, 6.07) is 7.68. The van der Waals surface area contributed by atoms with Crippen molar-refractivity contribution in [1.29, 1.82) is 0 Å². The van der Waals surface area contributed by atoms with E-state index in [0.29, 0.717) is 24.9 Å². The summed E-state index contributed by atoms with van der Waals surface area (Å²) in [5, 5.41) is 12.5. The van der Waals surface area contributed by atoms with Crippen LogP contribution in [-0.2, 0) is 27.3 Å². The lowest BCUT2D eigenvalue weighted by Gasteiger charge is -2.52. The van der Waals surface area contributed by atoms with Gasteiger partial charge in [0.15, 0.2) is 0 Å². The van der Waals surface area contributed by atoms with Crippen LogP contribution in [-0.4, -0.2) is 75.5 Å². The van der Waals surface area contributed by atoms with E-state index in [1.165, 1.54) is 33.0 Å². The molecule has 1 heterocycles. The number of carbonyl (C=O) groups excluding carboxylic acids is 3. The van der Waals surface area contributed by atoms with Gasteiger partial charge in [0.1, 0.15) is 29.6 Å². The van der Waals surface area contributed by atoms with Crippen LogP contribution in [0.15, 0.2) is 42.5 Å². The molecule has 0 radical (unpaired) electrons. The Bertz CT molecular complexity index is 1040. The second-order valence-electron chi connectivity index (χ2n) is 8.25. The van der Waals surface area contributed by atoms with Gasteiger partial charge in [-0.1, -0.05) is 25.1 Å². The number of phenolic OH excluding ortho intramolecular Hbond substituents is 1. The van der Waals surface area contributed by atoms with Crippen molar-refractivity contribution in [1.82, 2.24) is 19.8 Å². The minimum Gasteiger partial charge on any atom is -0.508 e. The van der Waals surface area contributed by atoms with Gasteiger partial charge in [-0.15, -0.1) is 0 Å². The van der Waals surface area contributed by atoms with Crippen LogP contribution in [0.1, 0.15) is 25.0 Å². The maximum Gasteiger partial charge on any atom is 0.246 e. The summed E-state index contributed by atoms with van der Waals surface area (Å²) >= 11 is 0. The molecule has 1 aliphatic rings. The zero-order valence-electron chi connectivity index (χ0n) is 19.3. The fourth-order valence-electron chi connectivity index (χ4n) is 4.22. The maximum absolute atomic E-state index is 14.4. The average molecular weight is 475 g/mol. The van der Waals surface area contributed by atoms with Crippen LogP contribution in [0.4, 0.5) is 8.78 Å². The maximum atomic E-state index is 14.4. The standard InChI is InChI=1S/C24H28F2N4O4/c1-4-27(3)30(15-32)23-16(2)28(13-18-7-8-19(25)12-21(18)26)24(34)22(29(23)14-31)11-17-5-9-20(33)10-6-17/h5-10,12,14-16,22-23,33H,4,11,13H2,1-3H3/t16-,22-,23?/m0/s1. The SMILES string of the molecule is CCN(C)N(C=O)C1[C@H](C)N(Cc2ccc(F)cc2F)C(=O)[C@H](Cc2ccc(O)cc2)N1C=O. The summed E-state index contributed by atoms with van der Waals surface area (Å²) in [6.07, 6.45) is 0.389. The number of nitrogens with zero attached hydrogens (tertiary/aromatic N) is 4. The van der Waals surface area contributed by atoms with E-state index < -0.39 is 35.8 Å². The van der Waals surface area contributed by atoms with Crippen molar-refractivity contribution < 1.29 is 28.3 Å². The Morgan fingerprint density at radius 2 is 1.79 bits per heavy atom. The topological polar surface area (TPSA) is 84.4 Å². The van der Waals surface area contributed by atoms with Crippen LogP contribution < -0.4 is 0 Å². The van der Waals surface area contributed by atoms with Gasteiger partial charge >= 0.3 is 0 Å². The number of hydrogen-bond acceptors (Lipinski definition) is 5. The van der Waals surface area contributed by atoms with Crippen LogP contribution >= 0.6 is 0 Å². The van der Waals surface area contributed by atoms with Gasteiger partial charge in [-0.25, -0.2) is 13.8 Å². The highest BCUT2D eigenvalue weighted by Gasteiger charge is 2.47. The third kappa shape index (κ3) is 5.01.